The molecule has 0 aliphatic heterocycles. The van der Waals surface area contributed by atoms with Gasteiger partial charge in [-0.25, -0.2) is 0 Å². The van der Waals surface area contributed by atoms with Crippen molar-refractivity contribution in [3.8, 4) is 0 Å². The summed E-state index contributed by atoms with van der Waals surface area (Å²) >= 11 is 0. The van der Waals surface area contributed by atoms with Crippen molar-refractivity contribution in [2.24, 2.45) is 16.7 Å². The number of ether oxygens (including phenoxy) is 2. The molecule has 0 fully saturated rings. The standard InChI is InChI=1S/C63H98N4O7/c1-12-13-37-64-58(69)33-43-74-44-34-59(70)65-39-20-41-73-42-21-40-67-61(72)54(47-55(68)45-50(4)24-16-22-48(2)29-31-56-52(6)26-18-35-62(56,8)9)28-14-15-38-66-60(71)46-51(5)25-17-23-49(3)30-32-57-53(7)27-19-36-63(57,10)11/h16-17,22-25,29-32,45-46,54H,12-15,18-21,26-28,33-44,47H2,1-11H3,(H,64,69)(H,65,70)(H,66,71)(H,67,72)/b24-16+,25-17+,31-29+,32-30+,48-22+,49-23+,50-45+,51-46+. The van der Waals surface area contributed by atoms with Gasteiger partial charge in [0, 0.05) is 70.6 Å². The van der Waals surface area contributed by atoms with E-state index in [1.807, 2.05) is 44.2 Å². The van der Waals surface area contributed by atoms with Crippen LogP contribution in [0.3, 0.4) is 0 Å². The van der Waals surface area contributed by atoms with Crippen LogP contribution in [0.5, 0.6) is 0 Å². The van der Waals surface area contributed by atoms with Crippen molar-refractivity contribution in [1.82, 2.24) is 21.3 Å². The van der Waals surface area contributed by atoms with Crippen LogP contribution in [-0.2, 0) is 33.4 Å². The molecule has 2 aliphatic carbocycles. The number of unbranched alkanes of at least 4 members (excludes halogenated alkanes) is 2. The van der Waals surface area contributed by atoms with Gasteiger partial charge in [0.05, 0.1) is 13.2 Å². The van der Waals surface area contributed by atoms with Crippen molar-refractivity contribution in [3.05, 3.63) is 117 Å². The molecule has 1 unspecified atom stereocenters. The number of carbonyl (C=O) groups is 5. The van der Waals surface area contributed by atoms with Gasteiger partial charge < -0.3 is 30.7 Å². The third-order valence-corrected chi connectivity index (χ3v) is 13.7. The first-order valence-electron chi connectivity index (χ1n) is 27.8. The molecule has 412 valence electrons. The summed E-state index contributed by atoms with van der Waals surface area (Å²) in [6, 6.07) is 0. The minimum Gasteiger partial charge on any atom is -0.381 e. The van der Waals surface area contributed by atoms with Gasteiger partial charge in [-0.1, -0.05) is 131 Å². The summed E-state index contributed by atoms with van der Waals surface area (Å²) in [6.07, 6.45) is 36.8. The molecule has 11 nitrogen and oxygen atoms in total. The summed E-state index contributed by atoms with van der Waals surface area (Å²) in [7, 11) is 0. The highest BCUT2D eigenvalue weighted by Crippen LogP contribution is 2.42. The van der Waals surface area contributed by atoms with E-state index in [0.717, 1.165) is 48.0 Å². The third kappa shape index (κ3) is 29.1. The molecule has 74 heavy (non-hydrogen) atoms. The maximum atomic E-state index is 13.5. The molecule has 0 aromatic rings. The fourth-order valence-electron chi connectivity index (χ4n) is 9.28. The van der Waals surface area contributed by atoms with Crippen LogP contribution in [-0.4, -0.2) is 82.0 Å². The van der Waals surface area contributed by atoms with Crippen molar-refractivity contribution >= 4 is 29.4 Å². The van der Waals surface area contributed by atoms with Crippen molar-refractivity contribution in [2.75, 3.05) is 52.6 Å². The van der Waals surface area contributed by atoms with Gasteiger partial charge in [0.25, 0.3) is 0 Å². The number of ketones is 1. The van der Waals surface area contributed by atoms with Gasteiger partial charge in [-0.2, -0.15) is 0 Å². The second-order valence-electron chi connectivity index (χ2n) is 21.8. The van der Waals surface area contributed by atoms with Crippen molar-refractivity contribution < 1.29 is 33.4 Å². The highest BCUT2D eigenvalue weighted by molar-refractivity contribution is 5.94. The fourth-order valence-corrected chi connectivity index (χ4v) is 9.28. The van der Waals surface area contributed by atoms with E-state index in [-0.39, 0.29) is 72.7 Å². The number of hydrogen-bond donors (Lipinski definition) is 4. The third-order valence-electron chi connectivity index (χ3n) is 13.7. The number of rotatable bonds is 35. The average Bonchev–Trinajstić information content (AvgIpc) is 3.32. The molecule has 11 heteroatoms. The molecular formula is C63H98N4O7. The van der Waals surface area contributed by atoms with E-state index in [2.05, 4.69) is 114 Å². The van der Waals surface area contributed by atoms with Gasteiger partial charge in [0.15, 0.2) is 5.78 Å². The van der Waals surface area contributed by atoms with Crippen LogP contribution in [0.25, 0.3) is 0 Å². The average molecular weight is 1020 g/mol. The summed E-state index contributed by atoms with van der Waals surface area (Å²) in [6.45, 7) is 27.3. The fraction of sp³-hybridized carbons (Fsp3) is 0.603. The van der Waals surface area contributed by atoms with Gasteiger partial charge in [-0.05, 0) is 151 Å². The van der Waals surface area contributed by atoms with Crippen molar-refractivity contribution in [2.45, 2.75) is 179 Å². The lowest BCUT2D eigenvalue weighted by atomic mass is 9.72. The monoisotopic (exact) mass is 1020 g/mol. The maximum Gasteiger partial charge on any atom is 0.244 e. The molecule has 4 amide bonds. The Kier molecular flexibility index (Phi) is 32.3. The van der Waals surface area contributed by atoms with Crippen LogP contribution in [0.1, 0.15) is 179 Å². The van der Waals surface area contributed by atoms with Gasteiger partial charge in [-0.3, -0.25) is 24.0 Å². The molecule has 0 saturated heterocycles. The van der Waals surface area contributed by atoms with Crippen LogP contribution in [0.2, 0.25) is 0 Å². The Balaban J connectivity index is 1.88. The lowest BCUT2D eigenvalue weighted by Crippen LogP contribution is -2.33. The second-order valence-corrected chi connectivity index (χ2v) is 21.8. The Labute approximate surface area is 448 Å². The van der Waals surface area contributed by atoms with Crippen LogP contribution in [0.4, 0.5) is 0 Å². The quantitative estimate of drug-likeness (QED) is 0.0280. The molecule has 1 atom stereocenters. The molecule has 0 aromatic carbocycles. The highest BCUT2D eigenvalue weighted by atomic mass is 16.5. The Hall–Kier alpha value is -5.13. The first-order chi connectivity index (χ1) is 35.2. The topological polar surface area (TPSA) is 152 Å². The van der Waals surface area contributed by atoms with E-state index >= 15 is 0 Å². The van der Waals surface area contributed by atoms with Gasteiger partial charge in [0.1, 0.15) is 0 Å². The highest BCUT2D eigenvalue weighted by Gasteiger charge is 2.27. The lowest BCUT2D eigenvalue weighted by molar-refractivity contribution is -0.128. The summed E-state index contributed by atoms with van der Waals surface area (Å²) in [5.41, 5.74) is 10.1. The Morgan fingerprint density at radius 3 is 1.55 bits per heavy atom. The molecule has 0 heterocycles. The van der Waals surface area contributed by atoms with Crippen LogP contribution < -0.4 is 21.3 Å². The summed E-state index contributed by atoms with van der Waals surface area (Å²) < 4.78 is 11.2. The maximum absolute atomic E-state index is 13.5. The SMILES string of the molecule is CCCCNC(=O)CCOCCC(=O)NCCCOCCCNC(=O)C(CCCCNC(=O)/C=C(C)/C=C/C=C(C)/C=C/C1=C(C)CCCC1(C)C)CC(=O)/C=C(C)/C=C/C=C(C)/C=C/C1=C(C)CCCC1(C)C. The van der Waals surface area contributed by atoms with E-state index < -0.39 is 5.92 Å². The first kappa shape index (κ1) is 65.0. The minimum atomic E-state index is -0.515. The first-order valence-corrected chi connectivity index (χ1v) is 27.8. The summed E-state index contributed by atoms with van der Waals surface area (Å²) in [5, 5.41) is 11.7. The number of carbonyl (C=O) groups excluding carboxylic acids is 5. The normalized spacial score (nSPS) is 17.2. The Bertz CT molecular complexity index is 2120. The minimum absolute atomic E-state index is 0.0399. The predicted octanol–water partition coefficient (Wildman–Crippen LogP) is 12.7. The van der Waals surface area contributed by atoms with E-state index in [1.165, 1.54) is 48.0 Å². The molecule has 2 aliphatic rings. The molecule has 4 N–H and O–H groups in total. The van der Waals surface area contributed by atoms with Crippen LogP contribution >= 0.6 is 0 Å². The van der Waals surface area contributed by atoms with Crippen LogP contribution in [0.15, 0.2) is 117 Å². The molecule has 0 saturated carbocycles. The molecule has 0 aromatic heterocycles. The zero-order valence-electron chi connectivity index (χ0n) is 47.8. The number of allylic oxidation sites excluding steroid dienone is 19. The van der Waals surface area contributed by atoms with Crippen molar-refractivity contribution in [1.29, 1.82) is 0 Å². The molecule has 0 spiro atoms. The molecule has 0 radical (unpaired) electrons. The van der Waals surface area contributed by atoms with Crippen LogP contribution in [0, 0.1) is 16.7 Å². The zero-order valence-corrected chi connectivity index (χ0v) is 47.8. The van der Waals surface area contributed by atoms with E-state index in [1.54, 1.807) is 12.2 Å². The zero-order chi connectivity index (χ0) is 54.8. The summed E-state index contributed by atoms with van der Waals surface area (Å²) in [5.74, 6) is -1.11. The summed E-state index contributed by atoms with van der Waals surface area (Å²) in [4.78, 5) is 63.6. The smallest absolute Gasteiger partial charge is 0.244 e. The van der Waals surface area contributed by atoms with Gasteiger partial charge >= 0.3 is 0 Å². The van der Waals surface area contributed by atoms with Crippen molar-refractivity contribution in [3.63, 3.8) is 0 Å². The van der Waals surface area contributed by atoms with Gasteiger partial charge in [0.2, 0.25) is 23.6 Å². The molecule has 0 bridgehead atoms. The van der Waals surface area contributed by atoms with E-state index in [0.29, 0.717) is 71.5 Å². The second kappa shape index (κ2) is 36.8. The molecular weight excluding hydrogens is 925 g/mol. The van der Waals surface area contributed by atoms with E-state index in [9.17, 15) is 24.0 Å². The number of hydrogen-bond acceptors (Lipinski definition) is 7. The number of nitrogens with one attached hydrogen (secondary N) is 4. The molecule has 2 rings (SSSR count). The van der Waals surface area contributed by atoms with Gasteiger partial charge in [-0.15, -0.1) is 0 Å². The Morgan fingerprint density at radius 2 is 1.04 bits per heavy atom. The predicted molar refractivity (Wildman–Crippen MR) is 306 cm³/mol. The largest absolute Gasteiger partial charge is 0.381 e. The number of amides is 4. The Morgan fingerprint density at radius 1 is 0.568 bits per heavy atom. The van der Waals surface area contributed by atoms with E-state index in [4.69, 9.17) is 9.47 Å². The lowest BCUT2D eigenvalue weighted by Gasteiger charge is -2.33.